The first-order valence-electron chi connectivity index (χ1n) is 6.31. The number of rotatable bonds is 2. The number of nitrogens with one attached hydrogen (secondary N) is 1. The molecule has 1 fully saturated rings. The molecule has 11 heteroatoms. The van der Waals surface area contributed by atoms with E-state index in [1.165, 1.54) is 0 Å². The van der Waals surface area contributed by atoms with Crippen LogP contribution in [-0.2, 0) is 4.74 Å². The number of nitrogen functional groups attached to an aromatic ring is 1. The molecule has 122 valence electrons. The summed E-state index contributed by atoms with van der Waals surface area (Å²) in [5.41, 5.74) is 1.79. The second-order valence-electron chi connectivity index (χ2n) is 5.02. The molecule has 3 heterocycles. The topological polar surface area (TPSA) is 139 Å². The molecule has 1 aliphatic heterocycles. The van der Waals surface area contributed by atoms with Gasteiger partial charge in [0.25, 0.3) is 11.4 Å². The van der Waals surface area contributed by atoms with Crippen molar-refractivity contribution in [2.24, 2.45) is 0 Å². The zero-order valence-corrected chi connectivity index (χ0v) is 11.4. The maximum Gasteiger partial charge on any atom is 0.270 e. The van der Waals surface area contributed by atoms with Crippen molar-refractivity contribution in [3.05, 3.63) is 16.6 Å². The van der Waals surface area contributed by atoms with Crippen LogP contribution in [0.5, 0.6) is 0 Å². The van der Waals surface area contributed by atoms with Crippen molar-refractivity contribution < 1.29 is 23.7 Å². The van der Waals surface area contributed by atoms with Gasteiger partial charge in [0.05, 0.1) is 6.20 Å². The number of terminal acetylenes is 1. The zero-order chi connectivity index (χ0) is 17.0. The summed E-state index contributed by atoms with van der Waals surface area (Å²) in [5, 5.41) is 23.0. The highest BCUT2D eigenvalue weighted by Crippen LogP contribution is 2.47. The number of aliphatic hydroxyl groups is 2. The summed E-state index contributed by atoms with van der Waals surface area (Å²) in [7, 11) is 0. The summed E-state index contributed by atoms with van der Waals surface area (Å²) in [5.74, 6) is -1.81. The van der Waals surface area contributed by atoms with E-state index in [9.17, 15) is 18.7 Å². The van der Waals surface area contributed by atoms with Crippen LogP contribution in [0.2, 0.25) is 0 Å². The maximum absolute atomic E-state index is 14.3. The van der Waals surface area contributed by atoms with Crippen LogP contribution in [0, 0.1) is 12.3 Å². The van der Waals surface area contributed by atoms with Crippen molar-refractivity contribution in [3.8, 4) is 12.3 Å². The molecule has 0 radical (unpaired) electrons. The zero-order valence-electron chi connectivity index (χ0n) is 11.4. The SMILES string of the molecule is C#C[C@]1(O)[C@H](n2ncc3c(=O)[nH]c(N)nc32)O[C@](F)(CO)[C@H]1F. The predicted octanol–water partition coefficient (Wildman–Crippen LogP) is -1.41. The first-order chi connectivity index (χ1) is 10.8. The minimum atomic E-state index is -3.24. The van der Waals surface area contributed by atoms with Crippen molar-refractivity contribution >= 4 is 17.0 Å². The summed E-state index contributed by atoms with van der Waals surface area (Å²) in [4.78, 5) is 17.8. The van der Waals surface area contributed by atoms with E-state index in [4.69, 9.17) is 22.0 Å². The number of anilines is 1. The van der Waals surface area contributed by atoms with Crippen molar-refractivity contribution in [1.82, 2.24) is 19.7 Å². The van der Waals surface area contributed by atoms with Gasteiger partial charge < -0.3 is 20.7 Å². The molecule has 1 saturated heterocycles. The van der Waals surface area contributed by atoms with E-state index in [0.717, 1.165) is 10.9 Å². The van der Waals surface area contributed by atoms with Crippen LogP contribution in [-0.4, -0.2) is 54.2 Å². The average molecular weight is 327 g/mol. The lowest BCUT2D eigenvalue weighted by atomic mass is 9.95. The van der Waals surface area contributed by atoms with Gasteiger partial charge in [-0.2, -0.15) is 10.1 Å². The third-order valence-corrected chi connectivity index (χ3v) is 3.60. The Morgan fingerprint density at radius 3 is 2.96 bits per heavy atom. The maximum atomic E-state index is 14.3. The lowest BCUT2D eigenvalue weighted by Crippen LogP contribution is -2.47. The normalized spacial score (nSPS) is 33.9. The van der Waals surface area contributed by atoms with E-state index in [1.54, 1.807) is 5.92 Å². The molecule has 0 bridgehead atoms. The molecule has 3 rings (SSSR count). The predicted molar refractivity (Wildman–Crippen MR) is 72.3 cm³/mol. The van der Waals surface area contributed by atoms with Gasteiger partial charge in [-0.1, -0.05) is 5.92 Å². The number of nitrogens with two attached hydrogens (primary N) is 1. The Morgan fingerprint density at radius 2 is 2.35 bits per heavy atom. The lowest BCUT2D eigenvalue weighted by Gasteiger charge is -2.24. The Hall–Kier alpha value is -2.55. The lowest BCUT2D eigenvalue weighted by molar-refractivity contribution is -0.197. The van der Waals surface area contributed by atoms with Crippen molar-refractivity contribution in [1.29, 1.82) is 0 Å². The number of aliphatic hydroxyl groups excluding tert-OH is 1. The number of hydrogen-bond donors (Lipinski definition) is 4. The summed E-state index contributed by atoms with van der Waals surface area (Å²) >= 11 is 0. The number of alkyl halides is 2. The van der Waals surface area contributed by atoms with Crippen molar-refractivity contribution in [2.45, 2.75) is 23.9 Å². The average Bonchev–Trinajstić information content (AvgIpc) is 3.01. The minimum Gasteiger partial charge on any atom is -0.390 e. The molecule has 0 spiro atoms. The molecule has 9 nitrogen and oxygen atoms in total. The highest BCUT2D eigenvalue weighted by Gasteiger charge is 2.66. The molecular weight excluding hydrogens is 316 g/mol. The molecule has 23 heavy (non-hydrogen) atoms. The van der Waals surface area contributed by atoms with Crippen LogP contribution >= 0.6 is 0 Å². The number of halogens is 2. The Labute approximate surface area is 126 Å². The van der Waals surface area contributed by atoms with Gasteiger partial charge in [-0.25, -0.2) is 13.5 Å². The van der Waals surface area contributed by atoms with Gasteiger partial charge in [0.2, 0.25) is 17.7 Å². The summed E-state index contributed by atoms with van der Waals surface area (Å²) in [6.45, 7) is -1.38. The molecule has 1 aliphatic rings. The van der Waals surface area contributed by atoms with E-state index in [2.05, 4.69) is 15.1 Å². The van der Waals surface area contributed by atoms with Gasteiger partial charge in [0.1, 0.15) is 12.0 Å². The quantitative estimate of drug-likeness (QED) is 0.497. The number of ether oxygens (including phenoxy) is 1. The van der Waals surface area contributed by atoms with Crippen LogP contribution in [0.15, 0.2) is 11.0 Å². The Bertz CT molecular complexity index is 876. The van der Waals surface area contributed by atoms with Gasteiger partial charge in [-0.3, -0.25) is 9.78 Å². The molecule has 2 aromatic heterocycles. The van der Waals surface area contributed by atoms with Gasteiger partial charge in [0.15, 0.2) is 11.9 Å². The molecular formula is C12H11F2N5O4. The van der Waals surface area contributed by atoms with E-state index in [0.29, 0.717) is 0 Å². The smallest absolute Gasteiger partial charge is 0.270 e. The molecule has 0 amide bonds. The molecule has 0 aromatic carbocycles. The molecule has 4 atom stereocenters. The number of nitrogens with zero attached hydrogens (tertiary/aromatic N) is 3. The number of aromatic amines is 1. The molecule has 0 aliphatic carbocycles. The minimum absolute atomic E-state index is 0.0575. The summed E-state index contributed by atoms with van der Waals surface area (Å²) in [6.07, 6.45) is 1.53. The fourth-order valence-electron chi connectivity index (χ4n) is 2.41. The third-order valence-electron chi connectivity index (χ3n) is 3.60. The van der Waals surface area contributed by atoms with E-state index in [-0.39, 0.29) is 17.0 Å². The standard InChI is InChI=1S/C12H11F2N5O4/c1-2-11(22)8(13)12(14,4-20)23-9(11)19-6-5(3-16-19)7(21)18-10(15)17-6/h1,3,8-9,20,22H,4H2,(H3,15,17,18,21)/t8-,9+,11+,12+/m0/s1. The van der Waals surface area contributed by atoms with Gasteiger partial charge in [-0.05, 0) is 0 Å². The van der Waals surface area contributed by atoms with E-state index < -0.39 is 36.0 Å². The highest BCUT2D eigenvalue weighted by molar-refractivity contribution is 5.74. The second kappa shape index (κ2) is 4.72. The first kappa shape index (κ1) is 15.3. The number of hydrogen-bond acceptors (Lipinski definition) is 7. The number of fused-ring (bicyclic) bond motifs is 1. The fourth-order valence-corrected chi connectivity index (χ4v) is 2.41. The van der Waals surface area contributed by atoms with Gasteiger partial charge in [-0.15, -0.1) is 6.42 Å². The summed E-state index contributed by atoms with van der Waals surface area (Å²) < 4.78 is 34.0. The molecule has 2 aromatic rings. The fraction of sp³-hybridized carbons (Fsp3) is 0.417. The third kappa shape index (κ3) is 1.93. The molecule has 5 N–H and O–H groups in total. The highest BCUT2D eigenvalue weighted by atomic mass is 19.2. The first-order valence-corrected chi connectivity index (χ1v) is 6.31. The van der Waals surface area contributed by atoms with E-state index >= 15 is 0 Å². The molecule has 0 unspecified atom stereocenters. The Balaban J connectivity index is 2.22. The van der Waals surface area contributed by atoms with Crippen LogP contribution in [0.25, 0.3) is 11.0 Å². The van der Waals surface area contributed by atoms with Crippen molar-refractivity contribution in [2.75, 3.05) is 12.3 Å². The second-order valence-corrected chi connectivity index (χ2v) is 5.02. The molecule has 0 saturated carbocycles. The van der Waals surface area contributed by atoms with Gasteiger partial charge in [0, 0.05) is 0 Å². The number of aromatic nitrogens is 4. The van der Waals surface area contributed by atoms with Crippen LogP contribution in [0.4, 0.5) is 14.7 Å². The number of H-pyrrole nitrogens is 1. The van der Waals surface area contributed by atoms with Crippen LogP contribution in [0.3, 0.4) is 0 Å². The monoisotopic (exact) mass is 327 g/mol. The Kier molecular flexibility index (Phi) is 3.15. The Morgan fingerprint density at radius 1 is 1.65 bits per heavy atom. The van der Waals surface area contributed by atoms with Gasteiger partial charge >= 0.3 is 0 Å². The van der Waals surface area contributed by atoms with Crippen LogP contribution < -0.4 is 11.3 Å². The van der Waals surface area contributed by atoms with Crippen LogP contribution in [0.1, 0.15) is 6.23 Å². The largest absolute Gasteiger partial charge is 0.390 e. The van der Waals surface area contributed by atoms with E-state index in [1.807, 2.05) is 0 Å². The van der Waals surface area contributed by atoms with Crippen molar-refractivity contribution in [3.63, 3.8) is 0 Å². The summed E-state index contributed by atoms with van der Waals surface area (Å²) in [6, 6.07) is 0.